The number of rotatable bonds is 4. The molecule has 0 spiro atoms. The lowest BCUT2D eigenvalue weighted by atomic mass is 9.83. The van der Waals surface area contributed by atoms with Crippen molar-refractivity contribution in [1.29, 1.82) is 0 Å². The minimum absolute atomic E-state index is 0.397. The van der Waals surface area contributed by atoms with Crippen LogP contribution in [0, 0.1) is 0 Å². The van der Waals surface area contributed by atoms with E-state index >= 15 is 0 Å². The van der Waals surface area contributed by atoms with E-state index in [1.807, 2.05) is 19.1 Å². The first kappa shape index (κ1) is 15.1. The number of aliphatic hydroxyl groups excluding tert-OH is 1. The van der Waals surface area contributed by atoms with Crippen LogP contribution in [-0.2, 0) is 0 Å². The smallest absolute Gasteiger partial charge is 0.0696 e. The van der Waals surface area contributed by atoms with Crippen LogP contribution in [0.15, 0.2) is 42.5 Å². The highest BCUT2D eigenvalue weighted by atomic mass is 16.3. The first-order valence-corrected chi connectivity index (χ1v) is 7.83. The number of allylic oxidation sites excluding steroid dienone is 3. The Morgan fingerprint density at radius 2 is 1.80 bits per heavy atom. The van der Waals surface area contributed by atoms with E-state index in [9.17, 15) is 5.11 Å². The second-order valence-electron chi connectivity index (χ2n) is 5.80. The number of benzene rings is 1. The molecule has 20 heavy (non-hydrogen) atoms. The number of hydrogen-bond acceptors (Lipinski definition) is 1. The summed E-state index contributed by atoms with van der Waals surface area (Å²) in [6, 6.07) is 8.99. The van der Waals surface area contributed by atoms with Crippen LogP contribution in [0.3, 0.4) is 0 Å². The standard InChI is InChI=1S/C19H26O/c1-3-16(10-9-15(2)20)18-11-13-19(14-12-18)17-7-5-4-6-8-17/h3,9-15,17,20H,4-8H2,1-2H3/b10-9-,16-3+. The predicted octanol–water partition coefficient (Wildman–Crippen LogP) is 5.07. The van der Waals surface area contributed by atoms with Gasteiger partial charge in [-0.2, -0.15) is 0 Å². The Morgan fingerprint density at radius 3 is 2.35 bits per heavy atom. The molecule has 0 bridgehead atoms. The summed E-state index contributed by atoms with van der Waals surface area (Å²) in [4.78, 5) is 0. The lowest BCUT2D eigenvalue weighted by Crippen LogP contribution is -2.04. The molecule has 1 aliphatic rings. The molecule has 1 saturated carbocycles. The van der Waals surface area contributed by atoms with Gasteiger partial charge in [0.25, 0.3) is 0 Å². The Kier molecular flexibility index (Phi) is 5.60. The van der Waals surface area contributed by atoms with Crippen molar-refractivity contribution in [3.05, 3.63) is 53.6 Å². The highest BCUT2D eigenvalue weighted by Gasteiger charge is 2.15. The van der Waals surface area contributed by atoms with E-state index in [0.29, 0.717) is 0 Å². The molecule has 1 N–H and O–H groups in total. The number of aliphatic hydroxyl groups is 1. The predicted molar refractivity (Wildman–Crippen MR) is 86.7 cm³/mol. The molecule has 1 fully saturated rings. The molecule has 1 unspecified atom stereocenters. The summed E-state index contributed by atoms with van der Waals surface area (Å²) in [6.45, 7) is 3.81. The molecular formula is C19H26O. The van der Waals surface area contributed by atoms with Crippen LogP contribution in [0.1, 0.15) is 63.0 Å². The van der Waals surface area contributed by atoms with Crippen molar-refractivity contribution < 1.29 is 5.11 Å². The molecule has 1 nitrogen and oxygen atoms in total. The molecule has 2 rings (SSSR count). The Bertz CT molecular complexity index is 459. The van der Waals surface area contributed by atoms with Gasteiger partial charge >= 0.3 is 0 Å². The van der Waals surface area contributed by atoms with Gasteiger partial charge in [0.1, 0.15) is 0 Å². The second kappa shape index (κ2) is 7.44. The molecule has 108 valence electrons. The Labute approximate surface area is 123 Å². The molecular weight excluding hydrogens is 244 g/mol. The summed E-state index contributed by atoms with van der Waals surface area (Å²) in [5, 5.41) is 9.34. The summed E-state index contributed by atoms with van der Waals surface area (Å²) < 4.78 is 0. The maximum absolute atomic E-state index is 9.34. The summed E-state index contributed by atoms with van der Waals surface area (Å²) in [5.41, 5.74) is 3.88. The van der Waals surface area contributed by atoms with Crippen molar-refractivity contribution in [2.24, 2.45) is 0 Å². The molecule has 1 aromatic carbocycles. The van der Waals surface area contributed by atoms with Crippen molar-refractivity contribution in [1.82, 2.24) is 0 Å². The van der Waals surface area contributed by atoms with E-state index in [-0.39, 0.29) is 0 Å². The summed E-state index contributed by atoms with van der Waals surface area (Å²) in [5.74, 6) is 0.764. The zero-order valence-electron chi connectivity index (χ0n) is 12.7. The maximum Gasteiger partial charge on any atom is 0.0696 e. The molecule has 1 aromatic rings. The number of hydrogen-bond donors (Lipinski definition) is 1. The highest BCUT2D eigenvalue weighted by molar-refractivity contribution is 5.73. The fourth-order valence-electron chi connectivity index (χ4n) is 2.99. The van der Waals surface area contributed by atoms with Crippen LogP contribution in [0.2, 0.25) is 0 Å². The van der Waals surface area contributed by atoms with E-state index < -0.39 is 6.10 Å². The molecule has 1 atom stereocenters. The van der Waals surface area contributed by atoms with Crippen LogP contribution in [-0.4, -0.2) is 11.2 Å². The zero-order valence-corrected chi connectivity index (χ0v) is 12.7. The van der Waals surface area contributed by atoms with Crippen molar-refractivity contribution in [2.45, 2.75) is 58.0 Å². The average molecular weight is 270 g/mol. The van der Waals surface area contributed by atoms with Gasteiger partial charge in [0.15, 0.2) is 0 Å². The molecule has 0 aliphatic heterocycles. The minimum Gasteiger partial charge on any atom is -0.389 e. The van der Waals surface area contributed by atoms with Gasteiger partial charge in [0.05, 0.1) is 6.10 Å². The molecule has 0 amide bonds. The van der Waals surface area contributed by atoms with Crippen LogP contribution >= 0.6 is 0 Å². The third kappa shape index (κ3) is 4.08. The van der Waals surface area contributed by atoms with Crippen molar-refractivity contribution >= 4 is 5.57 Å². The molecule has 0 saturated heterocycles. The van der Waals surface area contributed by atoms with Crippen LogP contribution in [0.25, 0.3) is 5.57 Å². The fourth-order valence-corrected chi connectivity index (χ4v) is 2.99. The Hall–Kier alpha value is -1.34. The first-order valence-electron chi connectivity index (χ1n) is 7.83. The molecule has 0 heterocycles. The Balaban J connectivity index is 2.10. The van der Waals surface area contributed by atoms with Gasteiger partial charge in [-0.15, -0.1) is 0 Å². The third-order valence-electron chi connectivity index (χ3n) is 4.19. The first-order chi connectivity index (χ1) is 9.70. The second-order valence-corrected chi connectivity index (χ2v) is 5.80. The van der Waals surface area contributed by atoms with Gasteiger partial charge in [0.2, 0.25) is 0 Å². The summed E-state index contributed by atoms with van der Waals surface area (Å²) in [7, 11) is 0. The summed E-state index contributed by atoms with van der Waals surface area (Å²) in [6.07, 6.45) is 12.4. The molecule has 1 aliphatic carbocycles. The topological polar surface area (TPSA) is 20.2 Å². The van der Waals surface area contributed by atoms with Crippen LogP contribution in [0.4, 0.5) is 0 Å². The van der Waals surface area contributed by atoms with Crippen LogP contribution < -0.4 is 0 Å². The lowest BCUT2D eigenvalue weighted by Gasteiger charge is -2.22. The van der Waals surface area contributed by atoms with Crippen molar-refractivity contribution in [3.8, 4) is 0 Å². The van der Waals surface area contributed by atoms with Crippen LogP contribution in [0.5, 0.6) is 0 Å². The molecule has 1 heteroatoms. The molecule has 0 radical (unpaired) electrons. The van der Waals surface area contributed by atoms with E-state index in [1.54, 1.807) is 6.92 Å². The van der Waals surface area contributed by atoms with Crippen molar-refractivity contribution in [3.63, 3.8) is 0 Å². The van der Waals surface area contributed by atoms with Crippen molar-refractivity contribution in [2.75, 3.05) is 0 Å². The maximum atomic E-state index is 9.34. The normalized spacial score (nSPS) is 19.4. The summed E-state index contributed by atoms with van der Waals surface area (Å²) >= 11 is 0. The van der Waals surface area contributed by atoms with E-state index in [4.69, 9.17) is 0 Å². The lowest BCUT2D eigenvalue weighted by molar-refractivity contribution is 0.244. The zero-order chi connectivity index (χ0) is 14.4. The van der Waals surface area contributed by atoms with E-state index in [1.165, 1.54) is 48.8 Å². The fraction of sp³-hybridized carbons (Fsp3) is 0.474. The largest absolute Gasteiger partial charge is 0.389 e. The van der Waals surface area contributed by atoms with E-state index in [2.05, 4.69) is 30.3 Å². The Morgan fingerprint density at radius 1 is 1.15 bits per heavy atom. The van der Waals surface area contributed by atoms with E-state index in [0.717, 1.165) is 5.92 Å². The van der Waals surface area contributed by atoms with Gasteiger partial charge in [-0.25, -0.2) is 0 Å². The highest BCUT2D eigenvalue weighted by Crippen LogP contribution is 2.33. The van der Waals surface area contributed by atoms with Gasteiger partial charge in [-0.1, -0.05) is 61.8 Å². The van der Waals surface area contributed by atoms with Gasteiger partial charge < -0.3 is 5.11 Å². The monoisotopic (exact) mass is 270 g/mol. The van der Waals surface area contributed by atoms with Gasteiger partial charge in [-0.05, 0) is 49.3 Å². The van der Waals surface area contributed by atoms with Gasteiger partial charge in [-0.3, -0.25) is 0 Å². The minimum atomic E-state index is -0.397. The third-order valence-corrected chi connectivity index (χ3v) is 4.19. The average Bonchev–Trinajstić information content (AvgIpc) is 2.49. The quantitative estimate of drug-likeness (QED) is 0.757. The van der Waals surface area contributed by atoms with Gasteiger partial charge in [0, 0.05) is 0 Å². The SMILES string of the molecule is C/C=C(\C=C/C(C)O)c1ccc(C2CCCCC2)cc1. The molecule has 0 aromatic heterocycles.